The molecule has 1 aromatic heterocycles. The van der Waals surface area contributed by atoms with Gasteiger partial charge >= 0.3 is 0 Å². The predicted molar refractivity (Wildman–Crippen MR) is 56.9 cm³/mol. The topological polar surface area (TPSA) is 59.1 Å². The summed E-state index contributed by atoms with van der Waals surface area (Å²) in [5.74, 6) is -0.155. The average molecular weight is 233 g/mol. The smallest absolute Gasteiger partial charge is 0.236 e. The van der Waals surface area contributed by atoms with E-state index in [2.05, 4.69) is 16.3 Å². The van der Waals surface area contributed by atoms with Crippen LogP contribution in [0.15, 0.2) is 31.1 Å². The molecule has 0 amide bonds. The minimum atomic E-state index is -3.40. The van der Waals surface area contributed by atoms with E-state index < -0.39 is 10.0 Å². The quantitative estimate of drug-likeness (QED) is 0.804. The molecule has 1 rings (SSSR count). The van der Waals surface area contributed by atoms with Gasteiger partial charge in [-0.05, 0) is 6.07 Å². The first-order chi connectivity index (χ1) is 6.55. The van der Waals surface area contributed by atoms with Crippen molar-refractivity contribution < 1.29 is 8.42 Å². The molecule has 14 heavy (non-hydrogen) atoms. The minimum absolute atomic E-state index is 0.155. The summed E-state index contributed by atoms with van der Waals surface area (Å²) >= 11 is 5.74. The summed E-state index contributed by atoms with van der Waals surface area (Å²) in [5.41, 5.74) is 0.274. The van der Waals surface area contributed by atoms with E-state index in [1.165, 1.54) is 24.5 Å². The van der Waals surface area contributed by atoms with Crippen molar-refractivity contribution in [3.05, 3.63) is 36.1 Å². The molecule has 0 aromatic carbocycles. The lowest BCUT2D eigenvalue weighted by atomic mass is 10.4. The molecule has 6 heteroatoms. The Hall–Kier alpha value is -1.07. The van der Waals surface area contributed by atoms with E-state index in [1.807, 2.05) is 0 Å². The van der Waals surface area contributed by atoms with Crippen molar-refractivity contribution in [1.82, 2.24) is 4.98 Å². The first-order valence-electron chi connectivity index (χ1n) is 3.76. The van der Waals surface area contributed by atoms with E-state index in [9.17, 15) is 8.42 Å². The predicted octanol–water partition coefficient (Wildman–Crippen LogP) is 1.66. The molecule has 1 aromatic rings. The highest BCUT2D eigenvalue weighted by atomic mass is 35.5. The fraction of sp³-hybridized carbons (Fsp3) is 0.125. The van der Waals surface area contributed by atoms with Crippen LogP contribution in [0.4, 0.5) is 5.69 Å². The average Bonchev–Trinajstić information content (AvgIpc) is 2.08. The van der Waals surface area contributed by atoms with Gasteiger partial charge in [-0.1, -0.05) is 17.7 Å². The van der Waals surface area contributed by atoms with Crippen LogP contribution in [0.25, 0.3) is 0 Å². The van der Waals surface area contributed by atoms with Crippen LogP contribution in [0.1, 0.15) is 0 Å². The highest BCUT2D eigenvalue weighted by Crippen LogP contribution is 2.20. The Morgan fingerprint density at radius 1 is 1.64 bits per heavy atom. The maximum Gasteiger partial charge on any atom is 0.236 e. The highest BCUT2D eigenvalue weighted by molar-refractivity contribution is 7.92. The number of rotatable bonds is 4. The fourth-order valence-corrected chi connectivity index (χ4v) is 1.92. The lowest BCUT2D eigenvalue weighted by molar-refractivity contribution is 0.604. The Kier molecular flexibility index (Phi) is 3.49. The molecule has 0 aliphatic rings. The van der Waals surface area contributed by atoms with Crippen molar-refractivity contribution in [2.24, 2.45) is 0 Å². The molecule has 0 aliphatic carbocycles. The van der Waals surface area contributed by atoms with Crippen LogP contribution in [-0.2, 0) is 10.0 Å². The number of sulfonamides is 1. The van der Waals surface area contributed by atoms with Gasteiger partial charge in [0.05, 0.1) is 22.7 Å². The zero-order valence-corrected chi connectivity index (χ0v) is 8.85. The minimum Gasteiger partial charge on any atom is -0.280 e. The van der Waals surface area contributed by atoms with Crippen LogP contribution in [0.5, 0.6) is 0 Å². The fourth-order valence-electron chi connectivity index (χ4n) is 0.817. The Balaban J connectivity index is 2.89. The molecule has 1 N–H and O–H groups in total. The van der Waals surface area contributed by atoms with Crippen LogP contribution in [0, 0.1) is 0 Å². The van der Waals surface area contributed by atoms with Gasteiger partial charge < -0.3 is 0 Å². The summed E-state index contributed by atoms with van der Waals surface area (Å²) in [6.45, 7) is 3.34. The molecule has 76 valence electrons. The number of halogens is 1. The highest BCUT2D eigenvalue weighted by Gasteiger charge is 2.09. The second kappa shape index (κ2) is 4.43. The number of nitrogens with zero attached hydrogens (tertiary/aromatic N) is 1. The molecule has 0 radical (unpaired) electrons. The molecule has 0 spiro atoms. The molecule has 0 fully saturated rings. The maximum absolute atomic E-state index is 11.3. The van der Waals surface area contributed by atoms with Crippen LogP contribution in [0.3, 0.4) is 0 Å². The normalized spacial score (nSPS) is 10.9. The SMILES string of the molecule is C=CCS(=O)(=O)Nc1cnccc1Cl. The summed E-state index contributed by atoms with van der Waals surface area (Å²) in [6, 6.07) is 1.51. The summed E-state index contributed by atoms with van der Waals surface area (Å²) in [4.78, 5) is 3.75. The molecule has 0 bridgehead atoms. The van der Waals surface area contributed by atoms with Crippen LogP contribution in [-0.4, -0.2) is 19.2 Å². The van der Waals surface area contributed by atoms with Gasteiger partial charge in [0, 0.05) is 6.20 Å². The van der Waals surface area contributed by atoms with Crippen molar-refractivity contribution >= 4 is 27.3 Å². The van der Waals surface area contributed by atoms with E-state index in [0.717, 1.165) is 0 Å². The third-order valence-electron chi connectivity index (χ3n) is 1.37. The molecule has 0 saturated heterocycles. The Bertz CT molecular complexity index is 431. The standard InChI is InChI=1S/C8H9ClN2O2S/c1-2-5-14(12,13)11-8-6-10-4-3-7(8)9/h2-4,6,11H,1,5H2. The summed E-state index contributed by atoms with van der Waals surface area (Å²) in [5, 5.41) is 0.313. The summed E-state index contributed by atoms with van der Waals surface area (Å²) < 4.78 is 24.9. The zero-order chi connectivity index (χ0) is 10.6. The van der Waals surface area contributed by atoms with Crippen LogP contribution < -0.4 is 4.72 Å². The van der Waals surface area contributed by atoms with Gasteiger partial charge in [0.25, 0.3) is 0 Å². The van der Waals surface area contributed by atoms with E-state index in [1.54, 1.807) is 0 Å². The molecule has 0 atom stereocenters. The number of aromatic nitrogens is 1. The van der Waals surface area contributed by atoms with Crippen LogP contribution in [0.2, 0.25) is 5.02 Å². The van der Waals surface area contributed by atoms with Gasteiger partial charge in [0.2, 0.25) is 10.0 Å². The van der Waals surface area contributed by atoms with Crippen molar-refractivity contribution in [3.8, 4) is 0 Å². The van der Waals surface area contributed by atoms with E-state index in [4.69, 9.17) is 11.6 Å². The van der Waals surface area contributed by atoms with E-state index in [0.29, 0.717) is 5.02 Å². The van der Waals surface area contributed by atoms with Gasteiger partial charge in [-0.2, -0.15) is 0 Å². The second-order valence-corrected chi connectivity index (χ2v) is 4.70. The zero-order valence-electron chi connectivity index (χ0n) is 7.27. The number of pyridine rings is 1. The van der Waals surface area contributed by atoms with Crippen LogP contribution >= 0.6 is 11.6 Å². The largest absolute Gasteiger partial charge is 0.280 e. The van der Waals surface area contributed by atoms with Gasteiger partial charge in [-0.3, -0.25) is 9.71 Å². The number of hydrogen-bond donors (Lipinski definition) is 1. The molecular formula is C8H9ClN2O2S. The number of anilines is 1. The van der Waals surface area contributed by atoms with Crippen molar-refractivity contribution in [2.75, 3.05) is 10.5 Å². The molecule has 0 saturated carbocycles. The Morgan fingerprint density at radius 3 is 2.93 bits per heavy atom. The van der Waals surface area contributed by atoms with Crippen molar-refractivity contribution in [3.63, 3.8) is 0 Å². The summed E-state index contributed by atoms with van der Waals surface area (Å²) in [7, 11) is -3.40. The van der Waals surface area contributed by atoms with E-state index >= 15 is 0 Å². The second-order valence-electron chi connectivity index (χ2n) is 2.53. The first kappa shape index (κ1) is 11.0. The maximum atomic E-state index is 11.3. The van der Waals surface area contributed by atoms with Gasteiger partial charge in [0.15, 0.2) is 0 Å². The Labute approximate surface area is 87.7 Å². The van der Waals surface area contributed by atoms with Crippen molar-refractivity contribution in [2.45, 2.75) is 0 Å². The van der Waals surface area contributed by atoms with Gasteiger partial charge in [-0.25, -0.2) is 8.42 Å². The van der Waals surface area contributed by atoms with Gasteiger partial charge in [0.1, 0.15) is 0 Å². The third-order valence-corrected chi connectivity index (χ3v) is 2.91. The van der Waals surface area contributed by atoms with E-state index in [-0.39, 0.29) is 11.4 Å². The number of nitrogens with one attached hydrogen (secondary N) is 1. The first-order valence-corrected chi connectivity index (χ1v) is 5.79. The molecule has 0 aliphatic heterocycles. The Morgan fingerprint density at radius 2 is 2.36 bits per heavy atom. The number of hydrogen-bond acceptors (Lipinski definition) is 3. The third kappa shape index (κ3) is 3.01. The molecular weight excluding hydrogens is 224 g/mol. The van der Waals surface area contributed by atoms with Gasteiger partial charge in [-0.15, -0.1) is 6.58 Å². The summed E-state index contributed by atoms with van der Waals surface area (Å²) in [6.07, 6.45) is 4.13. The lowest BCUT2D eigenvalue weighted by Crippen LogP contribution is -2.15. The molecule has 4 nitrogen and oxygen atoms in total. The van der Waals surface area contributed by atoms with Crippen molar-refractivity contribution in [1.29, 1.82) is 0 Å². The lowest BCUT2D eigenvalue weighted by Gasteiger charge is -2.06. The monoisotopic (exact) mass is 232 g/mol. The molecule has 0 unspecified atom stereocenters. The molecule has 1 heterocycles.